The van der Waals surface area contributed by atoms with Gasteiger partial charge in [-0.05, 0) is 56.8 Å². The van der Waals surface area contributed by atoms with E-state index in [1.54, 1.807) is 12.1 Å². The maximum atomic E-state index is 12.1. The van der Waals surface area contributed by atoms with Gasteiger partial charge < -0.3 is 15.2 Å². The van der Waals surface area contributed by atoms with Crippen molar-refractivity contribution in [1.29, 1.82) is 0 Å². The molecule has 2 rings (SSSR count). The Morgan fingerprint density at radius 1 is 1.15 bits per heavy atom. The summed E-state index contributed by atoms with van der Waals surface area (Å²) >= 11 is 10.1. The van der Waals surface area contributed by atoms with Crippen molar-refractivity contribution in [3.8, 4) is 0 Å². The second kappa shape index (κ2) is 6.55. The largest absolute Gasteiger partial charge is 0.479 e. The molecule has 0 saturated carbocycles. The zero-order valence-electron chi connectivity index (χ0n) is 10.0. The van der Waals surface area contributed by atoms with Crippen LogP contribution >= 0.6 is 47.8 Å². The smallest absolute Gasteiger partial charge is 0.332 e. The van der Waals surface area contributed by atoms with Gasteiger partial charge in [0.2, 0.25) is 0 Å². The van der Waals surface area contributed by atoms with E-state index >= 15 is 0 Å². The molecular weight excluding hydrogens is 462 g/mol. The summed E-state index contributed by atoms with van der Waals surface area (Å²) < 4.78 is 7.48. The predicted molar refractivity (Wildman–Crippen MR) is 83.7 cm³/mol. The molecule has 1 saturated heterocycles. The second-order valence-corrected chi connectivity index (χ2v) is 6.89. The number of carbonyl (C=O) groups excluding carboxylic acids is 1. The van der Waals surface area contributed by atoms with Gasteiger partial charge >= 0.3 is 5.97 Å². The summed E-state index contributed by atoms with van der Waals surface area (Å²) in [7, 11) is 0. The molecule has 0 bridgehead atoms. The number of halogens is 3. The van der Waals surface area contributed by atoms with Crippen LogP contribution in [0.3, 0.4) is 0 Å². The van der Waals surface area contributed by atoms with Crippen molar-refractivity contribution in [3.05, 3.63) is 25.6 Å². The fraction of sp³-hybridized carbons (Fsp3) is 0.333. The minimum absolute atomic E-state index is 0.343. The van der Waals surface area contributed by atoms with Gasteiger partial charge in [0.15, 0.2) is 6.10 Å². The summed E-state index contributed by atoms with van der Waals surface area (Å²) in [6.07, 6.45) is -0.897. The number of hydrogen-bond acceptors (Lipinski definition) is 3. The first-order valence-electron chi connectivity index (χ1n) is 5.72. The third-order valence-electron chi connectivity index (χ3n) is 2.84. The first-order valence-corrected chi connectivity index (χ1v) is 8.10. The van der Waals surface area contributed by atoms with E-state index in [1.807, 2.05) is 0 Å². The van der Waals surface area contributed by atoms with E-state index in [0.717, 1.165) is 4.47 Å². The van der Waals surface area contributed by atoms with E-state index in [4.69, 9.17) is 9.84 Å². The number of amides is 1. The lowest BCUT2D eigenvalue weighted by molar-refractivity contribution is -0.150. The first kappa shape index (κ1) is 15.9. The molecule has 5 nitrogen and oxygen atoms in total. The van der Waals surface area contributed by atoms with Crippen molar-refractivity contribution in [2.45, 2.75) is 25.0 Å². The van der Waals surface area contributed by atoms with Crippen LogP contribution in [-0.4, -0.2) is 29.2 Å². The standard InChI is InChI=1S/C12H10Br3NO4/c13-5-3-6(14)10(7(15)4-5)16-11(17)8-1-2-9(20-8)12(18)19/h3-4,8-9H,1-2H2,(H,16,17)(H,18,19). The molecule has 0 spiro atoms. The maximum Gasteiger partial charge on any atom is 0.332 e. The molecule has 1 fully saturated rings. The van der Waals surface area contributed by atoms with Crippen LogP contribution in [0.5, 0.6) is 0 Å². The molecule has 1 amide bonds. The van der Waals surface area contributed by atoms with Gasteiger partial charge in [0.1, 0.15) is 6.10 Å². The van der Waals surface area contributed by atoms with Gasteiger partial charge in [0, 0.05) is 13.4 Å². The molecule has 1 aromatic carbocycles. The molecule has 2 N–H and O–H groups in total. The van der Waals surface area contributed by atoms with Crippen molar-refractivity contribution in [1.82, 2.24) is 0 Å². The summed E-state index contributed by atoms with van der Waals surface area (Å²) in [5.41, 5.74) is 0.584. The van der Waals surface area contributed by atoms with Crippen LogP contribution in [0.4, 0.5) is 5.69 Å². The number of ether oxygens (including phenoxy) is 1. The predicted octanol–water partition coefficient (Wildman–Crippen LogP) is 3.54. The third kappa shape index (κ3) is 3.60. The fourth-order valence-corrected chi connectivity index (χ4v) is 4.33. The van der Waals surface area contributed by atoms with Crippen LogP contribution < -0.4 is 5.32 Å². The lowest BCUT2D eigenvalue weighted by Crippen LogP contribution is -2.30. The number of benzene rings is 1. The van der Waals surface area contributed by atoms with Crippen LogP contribution in [0.15, 0.2) is 25.6 Å². The highest BCUT2D eigenvalue weighted by atomic mass is 79.9. The Morgan fingerprint density at radius 3 is 2.20 bits per heavy atom. The molecule has 8 heteroatoms. The van der Waals surface area contributed by atoms with Gasteiger partial charge in [0.25, 0.3) is 5.91 Å². The van der Waals surface area contributed by atoms with Crippen molar-refractivity contribution in [3.63, 3.8) is 0 Å². The van der Waals surface area contributed by atoms with E-state index in [-0.39, 0.29) is 5.91 Å². The minimum atomic E-state index is -1.04. The van der Waals surface area contributed by atoms with Gasteiger partial charge in [-0.15, -0.1) is 0 Å². The number of aliphatic carboxylic acids is 1. The zero-order valence-corrected chi connectivity index (χ0v) is 14.8. The Kier molecular flexibility index (Phi) is 5.22. The van der Waals surface area contributed by atoms with Crippen LogP contribution in [0, 0.1) is 0 Å². The van der Waals surface area contributed by atoms with E-state index < -0.39 is 18.2 Å². The van der Waals surface area contributed by atoms with Gasteiger partial charge in [-0.1, -0.05) is 15.9 Å². The Balaban J connectivity index is 2.08. The van der Waals surface area contributed by atoms with Crippen molar-refractivity contribution < 1.29 is 19.4 Å². The quantitative estimate of drug-likeness (QED) is 0.707. The molecular formula is C12H10Br3NO4. The van der Waals surface area contributed by atoms with Gasteiger partial charge in [-0.25, -0.2) is 4.79 Å². The molecule has 2 atom stereocenters. The Hall–Kier alpha value is -0.440. The Morgan fingerprint density at radius 2 is 1.70 bits per heavy atom. The third-order valence-corrected chi connectivity index (χ3v) is 4.55. The first-order chi connectivity index (χ1) is 9.38. The average Bonchev–Trinajstić information content (AvgIpc) is 2.83. The topological polar surface area (TPSA) is 75.6 Å². The SMILES string of the molecule is O=C(O)C1CCC(C(=O)Nc2c(Br)cc(Br)cc2Br)O1. The summed E-state index contributed by atoms with van der Waals surface area (Å²) in [5.74, 6) is -1.39. The Bertz CT molecular complexity index is 541. The van der Waals surface area contributed by atoms with Gasteiger partial charge in [-0.3, -0.25) is 4.79 Å². The van der Waals surface area contributed by atoms with Crippen LogP contribution in [0.25, 0.3) is 0 Å². The van der Waals surface area contributed by atoms with E-state index in [0.29, 0.717) is 27.5 Å². The number of carboxylic acid groups (broad SMARTS) is 1. The number of anilines is 1. The molecule has 20 heavy (non-hydrogen) atoms. The zero-order chi connectivity index (χ0) is 14.9. The summed E-state index contributed by atoms with van der Waals surface area (Å²) in [6.45, 7) is 0. The average molecular weight is 472 g/mol. The number of carboxylic acids is 1. The maximum absolute atomic E-state index is 12.1. The van der Waals surface area contributed by atoms with E-state index in [1.165, 1.54) is 0 Å². The number of hydrogen-bond donors (Lipinski definition) is 2. The van der Waals surface area contributed by atoms with Crippen LogP contribution in [0.2, 0.25) is 0 Å². The highest BCUT2D eigenvalue weighted by Crippen LogP contribution is 2.35. The fourth-order valence-electron chi connectivity index (χ4n) is 1.88. The number of nitrogens with one attached hydrogen (secondary N) is 1. The van der Waals surface area contributed by atoms with Gasteiger partial charge in [0.05, 0.1) is 5.69 Å². The lowest BCUT2D eigenvalue weighted by Gasteiger charge is -2.14. The van der Waals surface area contributed by atoms with E-state index in [9.17, 15) is 9.59 Å². The van der Waals surface area contributed by atoms with Crippen molar-refractivity contribution in [2.75, 3.05) is 5.32 Å². The summed E-state index contributed by atoms with van der Waals surface area (Å²) in [5, 5.41) is 11.6. The highest BCUT2D eigenvalue weighted by molar-refractivity contribution is 9.11. The van der Waals surface area contributed by atoms with Crippen LogP contribution in [0.1, 0.15) is 12.8 Å². The van der Waals surface area contributed by atoms with Crippen LogP contribution in [-0.2, 0) is 14.3 Å². The minimum Gasteiger partial charge on any atom is -0.479 e. The molecule has 1 aromatic rings. The molecule has 0 radical (unpaired) electrons. The lowest BCUT2D eigenvalue weighted by atomic mass is 10.2. The van der Waals surface area contributed by atoms with Gasteiger partial charge in [-0.2, -0.15) is 0 Å². The Labute approximate surface area is 140 Å². The van der Waals surface area contributed by atoms with E-state index in [2.05, 4.69) is 53.1 Å². The molecule has 108 valence electrons. The molecule has 0 aromatic heterocycles. The summed E-state index contributed by atoms with van der Waals surface area (Å²) in [4.78, 5) is 22.9. The normalized spacial score (nSPS) is 21.8. The molecule has 2 unspecified atom stereocenters. The van der Waals surface area contributed by atoms with Crippen molar-refractivity contribution in [2.24, 2.45) is 0 Å². The summed E-state index contributed by atoms with van der Waals surface area (Å²) in [6, 6.07) is 3.60. The monoisotopic (exact) mass is 469 g/mol. The van der Waals surface area contributed by atoms with Crippen molar-refractivity contribution >= 4 is 65.4 Å². The molecule has 0 aliphatic carbocycles. The second-order valence-electron chi connectivity index (χ2n) is 4.26. The molecule has 1 aliphatic rings. The highest BCUT2D eigenvalue weighted by Gasteiger charge is 2.35. The molecule has 1 aliphatic heterocycles. The molecule has 1 heterocycles. The number of rotatable bonds is 3. The number of carbonyl (C=O) groups is 2.